The van der Waals surface area contributed by atoms with Crippen molar-refractivity contribution in [1.29, 1.82) is 0 Å². The number of nitrogens with zero attached hydrogens (tertiary/aromatic N) is 2. The largest absolute Gasteiger partial charge is 0.489 e. The molecule has 6 nitrogen and oxygen atoms in total. The number of hydrogen-bond acceptors (Lipinski definition) is 4. The zero-order chi connectivity index (χ0) is 17.8. The molecule has 0 saturated heterocycles. The topological polar surface area (TPSA) is 79.9 Å². The van der Waals surface area contributed by atoms with E-state index in [0.717, 1.165) is 5.39 Å². The normalized spacial score (nSPS) is 15.1. The number of fused-ring (bicyclic) bond motifs is 1. The minimum absolute atomic E-state index is 0.235. The first-order valence-corrected chi connectivity index (χ1v) is 9.12. The molecular weight excluding hydrogens is 328 g/mol. The van der Waals surface area contributed by atoms with Gasteiger partial charge >= 0.3 is 0 Å². The number of carbonyl (C=O) groups excluding carboxylic acids is 1. The fourth-order valence-corrected chi connectivity index (χ4v) is 3.50. The number of benzene rings is 1. The number of nitrogens with one attached hydrogen (secondary N) is 2. The van der Waals surface area contributed by atoms with E-state index in [1.54, 1.807) is 18.5 Å². The zero-order valence-corrected chi connectivity index (χ0v) is 14.6. The number of anilines is 1. The molecule has 3 aromatic rings. The van der Waals surface area contributed by atoms with E-state index in [1.165, 1.54) is 32.1 Å². The van der Waals surface area contributed by atoms with Crippen LogP contribution in [0.1, 0.15) is 42.5 Å². The zero-order valence-electron chi connectivity index (χ0n) is 14.6. The smallest absolute Gasteiger partial charge is 0.259 e. The second-order valence-electron chi connectivity index (χ2n) is 6.76. The molecule has 0 radical (unpaired) electrons. The molecule has 0 aliphatic heterocycles. The van der Waals surface area contributed by atoms with Gasteiger partial charge in [-0.2, -0.15) is 5.10 Å². The number of aromatic amines is 1. The van der Waals surface area contributed by atoms with Gasteiger partial charge in [0.05, 0.1) is 23.9 Å². The standard InChI is InChI=1S/C20H22N4O2/c25-20(16-9-4-8-15-12-22-24-18(15)16)23-19-17(10-5-11-21-19)26-13-14-6-2-1-3-7-14/h4-5,8-12,14H,1-3,6-7,13H2,(H,22,24)(H,21,23,25). The molecule has 1 aliphatic carbocycles. The summed E-state index contributed by atoms with van der Waals surface area (Å²) < 4.78 is 5.99. The van der Waals surface area contributed by atoms with Crippen LogP contribution >= 0.6 is 0 Å². The van der Waals surface area contributed by atoms with Gasteiger partial charge < -0.3 is 10.1 Å². The number of pyridine rings is 1. The van der Waals surface area contributed by atoms with E-state index in [4.69, 9.17) is 4.74 Å². The predicted octanol–water partition coefficient (Wildman–Crippen LogP) is 4.17. The van der Waals surface area contributed by atoms with Gasteiger partial charge in [0.15, 0.2) is 11.6 Å². The summed E-state index contributed by atoms with van der Waals surface area (Å²) in [6, 6.07) is 9.19. The van der Waals surface area contributed by atoms with Crippen LogP contribution in [-0.2, 0) is 0 Å². The van der Waals surface area contributed by atoms with Gasteiger partial charge in [0.25, 0.3) is 5.91 Å². The molecule has 0 bridgehead atoms. The second-order valence-corrected chi connectivity index (χ2v) is 6.76. The van der Waals surface area contributed by atoms with Gasteiger partial charge in [-0.1, -0.05) is 31.4 Å². The number of ether oxygens (including phenoxy) is 1. The fourth-order valence-electron chi connectivity index (χ4n) is 3.50. The quantitative estimate of drug-likeness (QED) is 0.724. The van der Waals surface area contributed by atoms with Crippen molar-refractivity contribution in [2.45, 2.75) is 32.1 Å². The van der Waals surface area contributed by atoms with Gasteiger partial charge in [-0.15, -0.1) is 0 Å². The van der Waals surface area contributed by atoms with Gasteiger partial charge in [-0.25, -0.2) is 4.98 Å². The van der Waals surface area contributed by atoms with Crippen LogP contribution in [0.25, 0.3) is 10.9 Å². The molecule has 2 heterocycles. The molecule has 1 saturated carbocycles. The van der Waals surface area contributed by atoms with E-state index < -0.39 is 0 Å². The van der Waals surface area contributed by atoms with Crippen molar-refractivity contribution >= 4 is 22.6 Å². The highest BCUT2D eigenvalue weighted by Gasteiger charge is 2.17. The monoisotopic (exact) mass is 350 g/mol. The first-order valence-electron chi connectivity index (χ1n) is 9.12. The number of aromatic nitrogens is 3. The summed E-state index contributed by atoms with van der Waals surface area (Å²) in [4.78, 5) is 17.0. The molecule has 0 atom stereocenters. The minimum Gasteiger partial charge on any atom is -0.489 e. The Hall–Kier alpha value is -2.89. The molecule has 26 heavy (non-hydrogen) atoms. The molecule has 0 unspecified atom stereocenters. The van der Waals surface area contributed by atoms with E-state index in [-0.39, 0.29) is 5.91 Å². The predicted molar refractivity (Wildman–Crippen MR) is 100 cm³/mol. The van der Waals surface area contributed by atoms with Crippen molar-refractivity contribution in [3.63, 3.8) is 0 Å². The lowest BCUT2D eigenvalue weighted by molar-refractivity contribution is 0.102. The van der Waals surface area contributed by atoms with Crippen LogP contribution in [0, 0.1) is 5.92 Å². The molecule has 2 N–H and O–H groups in total. The molecule has 2 aromatic heterocycles. The van der Waals surface area contributed by atoms with Crippen molar-refractivity contribution in [2.24, 2.45) is 5.92 Å². The lowest BCUT2D eigenvalue weighted by Gasteiger charge is -2.22. The number of amides is 1. The van der Waals surface area contributed by atoms with Crippen molar-refractivity contribution in [3.05, 3.63) is 48.3 Å². The Morgan fingerprint density at radius 2 is 2.08 bits per heavy atom. The number of rotatable bonds is 5. The van der Waals surface area contributed by atoms with Gasteiger partial charge in [0.2, 0.25) is 0 Å². The van der Waals surface area contributed by atoms with Crippen LogP contribution in [0.2, 0.25) is 0 Å². The Kier molecular flexibility index (Phi) is 4.82. The lowest BCUT2D eigenvalue weighted by atomic mass is 9.90. The van der Waals surface area contributed by atoms with E-state index in [0.29, 0.717) is 35.2 Å². The highest BCUT2D eigenvalue weighted by molar-refractivity contribution is 6.11. The third-order valence-electron chi connectivity index (χ3n) is 4.92. The maximum atomic E-state index is 12.7. The van der Waals surface area contributed by atoms with Crippen molar-refractivity contribution in [3.8, 4) is 5.75 Å². The Bertz CT molecular complexity index is 899. The van der Waals surface area contributed by atoms with Gasteiger partial charge in [-0.3, -0.25) is 9.89 Å². The number of H-pyrrole nitrogens is 1. The summed E-state index contributed by atoms with van der Waals surface area (Å²) in [7, 11) is 0. The highest BCUT2D eigenvalue weighted by atomic mass is 16.5. The summed E-state index contributed by atoms with van der Waals surface area (Å²) in [5.41, 5.74) is 1.24. The van der Waals surface area contributed by atoms with Crippen LogP contribution in [-0.4, -0.2) is 27.7 Å². The van der Waals surface area contributed by atoms with E-state index in [2.05, 4.69) is 20.5 Å². The van der Waals surface area contributed by atoms with Crippen LogP contribution in [0.4, 0.5) is 5.82 Å². The molecule has 4 rings (SSSR count). The van der Waals surface area contributed by atoms with E-state index in [1.807, 2.05) is 24.3 Å². The Balaban J connectivity index is 1.49. The molecule has 1 aliphatic rings. The first kappa shape index (κ1) is 16.6. The Morgan fingerprint density at radius 3 is 2.96 bits per heavy atom. The molecule has 0 spiro atoms. The summed E-state index contributed by atoms with van der Waals surface area (Å²) in [6.45, 7) is 0.671. The average molecular weight is 350 g/mol. The number of para-hydroxylation sites is 1. The van der Waals surface area contributed by atoms with E-state index >= 15 is 0 Å². The summed E-state index contributed by atoms with van der Waals surface area (Å²) >= 11 is 0. The molecule has 1 amide bonds. The maximum absolute atomic E-state index is 12.7. The summed E-state index contributed by atoms with van der Waals surface area (Å²) in [5, 5.41) is 10.6. The fraction of sp³-hybridized carbons (Fsp3) is 0.350. The van der Waals surface area contributed by atoms with Gasteiger partial charge in [-0.05, 0) is 37.0 Å². The molecule has 1 aromatic carbocycles. The van der Waals surface area contributed by atoms with E-state index in [9.17, 15) is 4.79 Å². The van der Waals surface area contributed by atoms with Crippen LogP contribution in [0.3, 0.4) is 0 Å². The van der Waals surface area contributed by atoms with Crippen LogP contribution < -0.4 is 10.1 Å². The molecular formula is C20H22N4O2. The Morgan fingerprint density at radius 1 is 1.19 bits per heavy atom. The second kappa shape index (κ2) is 7.56. The van der Waals surface area contributed by atoms with Gasteiger partial charge in [0.1, 0.15) is 0 Å². The Labute approximate surface area is 152 Å². The third-order valence-corrected chi connectivity index (χ3v) is 4.92. The van der Waals surface area contributed by atoms with Crippen molar-refractivity contribution in [2.75, 3.05) is 11.9 Å². The maximum Gasteiger partial charge on any atom is 0.259 e. The lowest BCUT2D eigenvalue weighted by Crippen LogP contribution is -2.18. The molecule has 1 fully saturated rings. The van der Waals surface area contributed by atoms with Crippen LogP contribution in [0.5, 0.6) is 5.75 Å². The van der Waals surface area contributed by atoms with Gasteiger partial charge in [0, 0.05) is 11.6 Å². The summed E-state index contributed by atoms with van der Waals surface area (Å²) in [5.74, 6) is 1.42. The molecule has 134 valence electrons. The third kappa shape index (κ3) is 3.54. The minimum atomic E-state index is -0.235. The summed E-state index contributed by atoms with van der Waals surface area (Å²) in [6.07, 6.45) is 9.65. The first-order chi connectivity index (χ1) is 12.8. The highest BCUT2D eigenvalue weighted by Crippen LogP contribution is 2.27. The van der Waals surface area contributed by atoms with Crippen LogP contribution in [0.15, 0.2) is 42.7 Å². The number of carbonyl (C=O) groups is 1. The molecule has 6 heteroatoms. The van der Waals surface area contributed by atoms with Crippen molar-refractivity contribution < 1.29 is 9.53 Å². The van der Waals surface area contributed by atoms with Crippen molar-refractivity contribution in [1.82, 2.24) is 15.2 Å². The average Bonchev–Trinajstić information content (AvgIpc) is 3.17. The SMILES string of the molecule is O=C(Nc1ncccc1OCC1CCCCC1)c1cccc2cn[nH]c12. The number of hydrogen-bond donors (Lipinski definition) is 2.